The Kier molecular flexibility index (Phi) is 4.25. The van der Waals surface area contributed by atoms with Crippen LogP contribution in [0, 0.1) is 0 Å². The van der Waals surface area contributed by atoms with Crippen molar-refractivity contribution in [2.75, 3.05) is 39.4 Å². The molecule has 1 aliphatic rings. The summed E-state index contributed by atoms with van der Waals surface area (Å²) in [4.78, 5) is 18.5. The number of pyridine rings is 1. The van der Waals surface area contributed by atoms with Gasteiger partial charge in [0.1, 0.15) is 5.69 Å². The maximum Gasteiger partial charge on any atom is 0.269 e. The summed E-state index contributed by atoms with van der Waals surface area (Å²) < 4.78 is 6.39. The van der Waals surface area contributed by atoms with E-state index in [2.05, 4.69) is 15.2 Å². The van der Waals surface area contributed by atoms with Gasteiger partial charge in [0.05, 0.1) is 13.2 Å². The summed E-state index contributed by atoms with van der Waals surface area (Å²) >= 11 is 1.62. The van der Waals surface area contributed by atoms with Gasteiger partial charge in [-0.05, 0) is 17.5 Å². The molecule has 6 heteroatoms. The second kappa shape index (κ2) is 6.30. The molecular formula is C14H17N3O2S. The van der Waals surface area contributed by atoms with Gasteiger partial charge >= 0.3 is 0 Å². The minimum Gasteiger partial charge on any atom is -0.379 e. The molecule has 1 aliphatic heterocycles. The minimum atomic E-state index is -0.103. The molecule has 1 saturated heterocycles. The summed E-state index contributed by atoms with van der Waals surface area (Å²) in [5.74, 6) is -0.103. The lowest BCUT2D eigenvalue weighted by atomic mass is 10.3. The number of carbonyl (C=O) groups is 1. The van der Waals surface area contributed by atoms with Crippen molar-refractivity contribution in [3.05, 3.63) is 29.4 Å². The summed E-state index contributed by atoms with van der Waals surface area (Å²) in [6.45, 7) is 4.94. The maximum atomic E-state index is 12.0. The third-order valence-corrected chi connectivity index (χ3v) is 4.27. The normalized spacial score (nSPS) is 16.4. The average Bonchev–Trinajstić information content (AvgIpc) is 2.95. The molecule has 2 aromatic rings. The first kappa shape index (κ1) is 13.5. The molecule has 3 heterocycles. The first-order valence-electron chi connectivity index (χ1n) is 6.74. The van der Waals surface area contributed by atoms with Crippen molar-refractivity contribution in [2.45, 2.75) is 0 Å². The van der Waals surface area contributed by atoms with Gasteiger partial charge < -0.3 is 10.1 Å². The van der Waals surface area contributed by atoms with E-state index in [-0.39, 0.29) is 5.91 Å². The zero-order valence-corrected chi connectivity index (χ0v) is 12.0. The van der Waals surface area contributed by atoms with Crippen LogP contribution in [0.3, 0.4) is 0 Å². The zero-order valence-electron chi connectivity index (χ0n) is 11.2. The molecule has 1 amide bonds. The molecule has 0 aromatic carbocycles. The van der Waals surface area contributed by atoms with E-state index in [0.29, 0.717) is 12.2 Å². The fraction of sp³-hybridized carbons (Fsp3) is 0.429. The van der Waals surface area contributed by atoms with Gasteiger partial charge in [0.15, 0.2) is 0 Å². The highest BCUT2D eigenvalue weighted by atomic mass is 32.1. The smallest absolute Gasteiger partial charge is 0.269 e. The van der Waals surface area contributed by atoms with Crippen LogP contribution in [0.5, 0.6) is 0 Å². The number of rotatable bonds is 4. The Labute approximate surface area is 121 Å². The molecule has 20 heavy (non-hydrogen) atoms. The number of fused-ring (bicyclic) bond motifs is 1. The Bertz CT molecular complexity index is 593. The summed E-state index contributed by atoms with van der Waals surface area (Å²) in [6, 6.07) is 3.86. The second-order valence-electron chi connectivity index (χ2n) is 4.74. The molecule has 1 fully saturated rings. The Hall–Kier alpha value is -1.50. The summed E-state index contributed by atoms with van der Waals surface area (Å²) in [5, 5.41) is 6.01. The number of carbonyl (C=O) groups excluding carboxylic acids is 1. The molecule has 0 spiro atoms. The van der Waals surface area contributed by atoms with Gasteiger partial charge in [-0.2, -0.15) is 0 Å². The summed E-state index contributed by atoms with van der Waals surface area (Å²) in [6.07, 6.45) is 1.75. The lowest BCUT2D eigenvalue weighted by Crippen LogP contribution is -2.41. The van der Waals surface area contributed by atoms with E-state index >= 15 is 0 Å². The van der Waals surface area contributed by atoms with E-state index in [1.165, 1.54) is 0 Å². The molecule has 2 aromatic heterocycles. The van der Waals surface area contributed by atoms with Crippen LogP contribution in [0.15, 0.2) is 23.7 Å². The van der Waals surface area contributed by atoms with Gasteiger partial charge in [-0.25, -0.2) is 0 Å². The van der Waals surface area contributed by atoms with E-state index in [1.807, 2.05) is 17.5 Å². The van der Waals surface area contributed by atoms with E-state index in [1.54, 1.807) is 17.5 Å². The van der Waals surface area contributed by atoms with Crippen LogP contribution in [0.4, 0.5) is 0 Å². The van der Waals surface area contributed by atoms with E-state index < -0.39 is 0 Å². The van der Waals surface area contributed by atoms with Gasteiger partial charge in [0, 0.05) is 42.5 Å². The number of ether oxygens (including phenoxy) is 1. The number of amides is 1. The Morgan fingerprint density at radius 3 is 3.15 bits per heavy atom. The van der Waals surface area contributed by atoms with Crippen LogP contribution < -0.4 is 5.32 Å². The van der Waals surface area contributed by atoms with E-state index in [4.69, 9.17) is 4.74 Å². The Morgan fingerprint density at radius 1 is 1.45 bits per heavy atom. The minimum absolute atomic E-state index is 0.103. The molecule has 0 unspecified atom stereocenters. The number of aromatic nitrogens is 1. The quantitative estimate of drug-likeness (QED) is 0.924. The maximum absolute atomic E-state index is 12.0. The molecule has 3 rings (SSSR count). The predicted molar refractivity (Wildman–Crippen MR) is 79.2 cm³/mol. The standard InChI is InChI=1S/C14H17N3O2S/c18-14(15-2-3-17-4-6-19-7-5-17)12-9-13-11(10-16-12)1-8-20-13/h1,8-10H,2-7H2,(H,15,18). The van der Waals surface area contributed by atoms with Crippen molar-refractivity contribution >= 4 is 27.3 Å². The molecule has 0 radical (unpaired) electrons. The number of nitrogens with zero attached hydrogens (tertiary/aromatic N) is 2. The molecular weight excluding hydrogens is 274 g/mol. The predicted octanol–water partition coefficient (Wildman–Crippen LogP) is 1.36. The largest absolute Gasteiger partial charge is 0.379 e. The van der Waals surface area contributed by atoms with Crippen molar-refractivity contribution in [2.24, 2.45) is 0 Å². The molecule has 106 valence electrons. The lowest BCUT2D eigenvalue weighted by molar-refractivity contribution is 0.0383. The Balaban J connectivity index is 1.53. The van der Waals surface area contributed by atoms with Gasteiger partial charge in [-0.1, -0.05) is 0 Å². The molecule has 1 N–H and O–H groups in total. The fourth-order valence-corrected chi connectivity index (χ4v) is 3.02. The highest BCUT2D eigenvalue weighted by Crippen LogP contribution is 2.20. The average molecular weight is 291 g/mol. The molecule has 0 bridgehead atoms. The van der Waals surface area contributed by atoms with Gasteiger partial charge in [0.2, 0.25) is 0 Å². The molecule has 0 saturated carbocycles. The third-order valence-electron chi connectivity index (χ3n) is 3.39. The molecule has 0 aliphatic carbocycles. The molecule has 5 nitrogen and oxygen atoms in total. The van der Waals surface area contributed by atoms with Gasteiger partial charge in [0.25, 0.3) is 5.91 Å². The van der Waals surface area contributed by atoms with Gasteiger partial charge in [-0.15, -0.1) is 11.3 Å². The lowest BCUT2D eigenvalue weighted by Gasteiger charge is -2.26. The second-order valence-corrected chi connectivity index (χ2v) is 5.69. The summed E-state index contributed by atoms with van der Waals surface area (Å²) in [7, 11) is 0. The van der Waals surface area contributed by atoms with Crippen LogP contribution in [-0.2, 0) is 4.74 Å². The van der Waals surface area contributed by atoms with E-state index in [9.17, 15) is 4.79 Å². The highest BCUT2D eigenvalue weighted by molar-refractivity contribution is 7.17. The van der Waals surface area contributed by atoms with Crippen LogP contribution in [0.2, 0.25) is 0 Å². The van der Waals surface area contributed by atoms with Crippen LogP contribution in [0.1, 0.15) is 10.5 Å². The number of thiophene rings is 1. The van der Waals surface area contributed by atoms with Crippen LogP contribution >= 0.6 is 11.3 Å². The topological polar surface area (TPSA) is 54.5 Å². The van der Waals surface area contributed by atoms with Crippen molar-refractivity contribution in [3.63, 3.8) is 0 Å². The fourth-order valence-electron chi connectivity index (χ4n) is 2.22. The summed E-state index contributed by atoms with van der Waals surface area (Å²) in [5.41, 5.74) is 0.488. The van der Waals surface area contributed by atoms with Crippen LogP contribution in [-0.4, -0.2) is 55.2 Å². The van der Waals surface area contributed by atoms with Crippen molar-refractivity contribution in [1.82, 2.24) is 15.2 Å². The van der Waals surface area contributed by atoms with Crippen molar-refractivity contribution in [3.8, 4) is 0 Å². The zero-order chi connectivity index (χ0) is 13.8. The van der Waals surface area contributed by atoms with Crippen molar-refractivity contribution < 1.29 is 9.53 Å². The number of nitrogens with one attached hydrogen (secondary N) is 1. The first-order valence-corrected chi connectivity index (χ1v) is 7.62. The van der Waals surface area contributed by atoms with Gasteiger partial charge in [-0.3, -0.25) is 14.7 Å². The number of hydrogen-bond donors (Lipinski definition) is 1. The SMILES string of the molecule is O=C(NCCN1CCOCC1)c1cc2sccc2cn1. The number of morpholine rings is 1. The highest BCUT2D eigenvalue weighted by Gasteiger charge is 2.12. The monoisotopic (exact) mass is 291 g/mol. The van der Waals surface area contributed by atoms with Crippen LogP contribution in [0.25, 0.3) is 10.1 Å². The van der Waals surface area contributed by atoms with Crippen molar-refractivity contribution in [1.29, 1.82) is 0 Å². The third kappa shape index (κ3) is 3.15. The number of hydrogen-bond acceptors (Lipinski definition) is 5. The van der Waals surface area contributed by atoms with E-state index in [0.717, 1.165) is 42.9 Å². The first-order chi connectivity index (χ1) is 9.83. The Morgan fingerprint density at radius 2 is 2.30 bits per heavy atom. The molecule has 0 atom stereocenters.